The van der Waals surface area contributed by atoms with E-state index in [1.807, 2.05) is 0 Å². The van der Waals surface area contributed by atoms with Gasteiger partial charge in [0.05, 0.1) is 10.7 Å². The molecule has 0 unspecified atom stereocenters. The highest BCUT2D eigenvalue weighted by Gasteiger charge is 2.20. The maximum absolute atomic E-state index is 11.9. The van der Waals surface area contributed by atoms with E-state index >= 15 is 0 Å². The zero-order valence-electron chi connectivity index (χ0n) is 9.50. The quantitative estimate of drug-likeness (QED) is 0.878. The van der Waals surface area contributed by atoms with E-state index in [1.54, 1.807) is 17.8 Å². The van der Waals surface area contributed by atoms with Crippen molar-refractivity contribution in [1.29, 1.82) is 0 Å². The van der Waals surface area contributed by atoms with Crippen LogP contribution in [0.4, 0.5) is 0 Å². The first-order chi connectivity index (χ1) is 8.50. The Morgan fingerprint density at radius 2 is 2.33 bits per heavy atom. The smallest absolute Gasteiger partial charge is 0.275 e. The number of aromatic nitrogens is 3. The lowest BCUT2D eigenvalue weighted by Gasteiger charge is -2.06. The van der Waals surface area contributed by atoms with E-state index in [9.17, 15) is 8.42 Å². The summed E-state index contributed by atoms with van der Waals surface area (Å²) in [6, 6.07) is 1.53. The second-order valence-corrected chi connectivity index (χ2v) is 6.05. The van der Waals surface area contributed by atoms with Crippen LogP contribution >= 0.6 is 15.9 Å². The van der Waals surface area contributed by atoms with Gasteiger partial charge in [-0.05, 0) is 28.9 Å². The van der Waals surface area contributed by atoms with Crippen molar-refractivity contribution in [2.75, 3.05) is 6.54 Å². The molecule has 0 bridgehead atoms. The summed E-state index contributed by atoms with van der Waals surface area (Å²) in [4.78, 5) is 0. The summed E-state index contributed by atoms with van der Waals surface area (Å²) in [6.45, 7) is 2.48. The fraction of sp³-hybridized carbons (Fsp3) is 0.333. The number of halogens is 1. The number of aryl methyl sites for hydroxylation is 1. The number of rotatable bonds is 5. The maximum atomic E-state index is 11.9. The number of nitrogens with zero attached hydrogens (tertiary/aromatic N) is 3. The zero-order valence-corrected chi connectivity index (χ0v) is 11.9. The van der Waals surface area contributed by atoms with E-state index in [0.717, 1.165) is 5.82 Å². The Hall–Kier alpha value is -1.19. The monoisotopic (exact) mass is 334 g/mol. The molecule has 0 aliphatic carbocycles. The number of sulfonamides is 1. The molecule has 18 heavy (non-hydrogen) atoms. The van der Waals surface area contributed by atoms with Crippen molar-refractivity contribution >= 4 is 26.0 Å². The average Bonchev–Trinajstić information content (AvgIpc) is 2.88. The molecule has 98 valence electrons. The van der Waals surface area contributed by atoms with Crippen LogP contribution in [0.2, 0.25) is 0 Å². The van der Waals surface area contributed by atoms with E-state index in [-0.39, 0.29) is 11.6 Å². The molecule has 2 aromatic rings. The SMILES string of the molecule is Cc1nncn1CCNS(=O)(=O)c1occc1Br. The third-order valence-corrected chi connectivity index (χ3v) is 4.56. The third kappa shape index (κ3) is 2.79. The maximum Gasteiger partial charge on any atom is 0.275 e. The summed E-state index contributed by atoms with van der Waals surface area (Å²) >= 11 is 3.11. The molecular weight excluding hydrogens is 324 g/mol. The first-order valence-corrected chi connectivity index (χ1v) is 7.35. The van der Waals surface area contributed by atoms with Crippen LogP contribution in [0.1, 0.15) is 5.82 Å². The zero-order chi connectivity index (χ0) is 13.2. The Morgan fingerprint density at radius 1 is 1.56 bits per heavy atom. The lowest BCUT2D eigenvalue weighted by atomic mass is 10.6. The predicted octanol–water partition coefficient (Wildman–Crippen LogP) is 0.921. The highest BCUT2D eigenvalue weighted by atomic mass is 79.9. The number of hydrogen-bond acceptors (Lipinski definition) is 5. The van der Waals surface area contributed by atoms with Gasteiger partial charge in [-0.3, -0.25) is 0 Å². The fourth-order valence-corrected chi connectivity index (χ4v) is 3.21. The molecule has 0 saturated heterocycles. The second kappa shape index (κ2) is 5.21. The average molecular weight is 335 g/mol. The summed E-state index contributed by atoms with van der Waals surface area (Å²) in [6.07, 6.45) is 2.86. The van der Waals surface area contributed by atoms with Gasteiger partial charge in [0.2, 0.25) is 5.09 Å². The van der Waals surface area contributed by atoms with Crippen LogP contribution < -0.4 is 4.72 Å². The van der Waals surface area contributed by atoms with Gasteiger partial charge >= 0.3 is 0 Å². The van der Waals surface area contributed by atoms with Gasteiger partial charge < -0.3 is 8.98 Å². The van der Waals surface area contributed by atoms with Crippen molar-refractivity contribution in [1.82, 2.24) is 19.5 Å². The van der Waals surface area contributed by atoms with Crippen molar-refractivity contribution in [3.05, 3.63) is 29.0 Å². The summed E-state index contributed by atoms with van der Waals surface area (Å²) in [5.41, 5.74) is 0. The predicted molar refractivity (Wildman–Crippen MR) is 66.4 cm³/mol. The minimum absolute atomic E-state index is 0.122. The third-order valence-electron chi connectivity index (χ3n) is 2.28. The topological polar surface area (TPSA) is 90.0 Å². The molecule has 9 heteroatoms. The highest BCUT2D eigenvalue weighted by molar-refractivity contribution is 9.10. The lowest BCUT2D eigenvalue weighted by Crippen LogP contribution is -2.27. The lowest BCUT2D eigenvalue weighted by molar-refractivity contribution is 0.442. The van der Waals surface area contributed by atoms with Crippen LogP contribution in [0.15, 0.2) is 32.6 Å². The van der Waals surface area contributed by atoms with Crippen molar-refractivity contribution in [2.45, 2.75) is 18.6 Å². The van der Waals surface area contributed by atoms with Crippen molar-refractivity contribution in [2.24, 2.45) is 0 Å². The van der Waals surface area contributed by atoms with Gasteiger partial charge in [0.25, 0.3) is 10.0 Å². The van der Waals surface area contributed by atoms with Gasteiger partial charge in [0.1, 0.15) is 12.2 Å². The van der Waals surface area contributed by atoms with Crippen LogP contribution in [0.5, 0.6) is 0 Å². The molecule has 1 N–H and O–H groups in total. The van der Waals surface area contributed by atoms with E-state index in [0.29, 0.717) is 11.0 Å². The van der Waals surface area contributed by atoms with Crippen molar-refractivity contribution in [3.63, 3.8) is 0 Å². The molecule has 0 aliphatic heterocycles. The van der Waals surface area contributed by atoms with Crippen LogP contribution in [0.25, 0.3) is 0 Å². The Kier molecular flexibility index (Phi) is 3.83. The molecule has 2 heterocycles. The molecule has 0 spiro atoms. The van der Waals surface area contributed by atoms with Gasteiger partial charge in [-0.15, -0.1) is 10.2 Å². The molecule has 0 aromatic carbocycles. The van der Waals surface area contributed by atoms with Gasteiger partial charge in [-0.25, -0.2) is 13.1 Å². The van der Waals surface area contributed by atoms with Crippen molar-refractivity contribution in [3.8, 4) is 0 Å². The summed E-state index contributed by atoms with van der Waals surface area (Å²) in [7, 11) is -3.63. The summed E-state index contributed by atoms with van der Waals surface area (Å²) in [5, 5.41) is 7.39. The second-order valence-electron chi connectivity index (χ2n) is 3.53. The molecule has 0 saturated carbocycles. The molecule has 2 aromatic heterocycles. The van der Waals surface area contributed by atoms with Crippen LogP contribution in [0.3, 0.4) is 0 Å². The largest absolute Gasteiger partial charge is 0.451 e. The fourth-order valence-electron chi connectivity index (χ4n) is 1.37. The molecular formula is C9H11BrN4O3S. The standard InChI is InChI=1S/C9H11BrN4O3S/c1-7-13-11-6-14(7)4-3-12-18(15,16)9-8(10)2-5-17-9/h2,5-6,12H,3-4H2,1H3. The number of hydrogen-bond donors (Lipinski definition) is 1. The van der Waals surface area contributed by atoms with E-state index in [4.69, 9.17) is 4.42 Å². The van der Waals surface area contributed by atoms with Crippen molar-refractivity contribution < 1.29 is 12.8 Å². The minimum atomic E-state index is -3.63. The minimum Gasteiger partial charge on any atom is -0.451 e. The van der Waals surface area contributed by atoms with Crippen LogP contribution in [0, 0.1) is 6.92 Å². The molecule has 7 nitrogen and oxygen atoms in total. The Balaban J connectivity index is 1.99. The van der Waals surface area contributed by atoms with Gasteiger partial charge in [0.15, 0.2) is 0 Å². The molecule has 0 atom stereocenters. The molecule has 0 radical (unpaired) electrons. The number of nitrogens with one attached hydrogen (secondary N) is 1. The van der Waals surface area contributed by atoms with E-state index < -0.39 is 10.0 Å². The number of furan rings is 1. The molecule has 2 rings (SSSR count). The molecule has 0 fully saturated rings. The van der Waals surface area contributed by atoms with Crippen LogP contribution in [-0.4, -0.2) is 29.7 Å². The van der Waals surface area contributed by atoms with Gasteiger partial charge in [-0.1, -0.05) is 0 Å². The summed E-state index contributed by atoms with van der Waals surface area (Å²) in [5.74, 6) is 0.730. The van der Waals surface area contributed by atoms with E-state index in [2.05, 4.69) is 30.8 Å². The molecule has 0 aliphatic rings. The Morgan fingerprint density at radius 3 is 2.89 bits per heavy atom. The highest BCUT2D eigenvalue weighted by Crippen LogP contribution is 2.22. The van der Waals surface area contributed by atoms with Crippen LogP contribution in [-0.2, 0) is 16.6 Å². The Labute approximate surface area is 112 Å². The van der Waals surface area contributed by atoms with Gasteiger partial charge in [-0.2, -0.15) is 0 Å². The normalized spacial score (nSPS) is 11.9. The first kappa shape index (κ1) is 13.2. The van der Waals surface area contributed by atoms with Gasteiger partial charge in [0, 0.05) is 13.1 Å². The molecule has 0 amide bonds. The first-order valence-electron chi connectivity index (χ1n) is 5.08. The van der Waals surface area contributed by atoms with E-state index in [1.165, 1.54) is 12.3 Å². The summed E-state index contributed by atoms with van der Waals surface area (Å²) < 4.78 is 33.2. The Bertz CT molecular complexity index is 634.